The van der Waals surface area contributed by atoms with Crippen LogP contribution in [0.15, 0.2) is 53.1 Å². The van der Waals surface area contributed by atoms with Crippen LogP contribution in [0.2, 0.25) is 0 Å². The standard InChI is InChI=1S/C21H18F2N4O2/c1-2-9-27-18-6-4-3-5-16(18)25-20(27)12-24-21(28)17-11-19(29-26-17)13-7-8-14(22)15(23)10-13/h3-8,10-11H,2,9,12H2,1H3,(H,24,28). The molecule has 2 heterocycles. The highest BCUT2D eigenvalue weighted by atomic mass is 19.2. The van der Waals surface area contributed by atoms with Crippen molar-refractivity contribution in [1.29, 1.82) is 0 Å². The summed E-state index contributed by atoms with van der Waals surface area (Å²) in [5.41, 5.74) is 2.22. The number of carbonyl (C=O) groups is 1. The third-order valence-electron chi connectivity index (χ3n) is 4.53. The van der Waals surface area contributed by atoms with Gasteiger partial charge in [-0.25, -0.2) is 13.8 Å². The summed E-state index contributed by atoms with van der Waals surface area (Å²) in [6, 6.07) is 12.5. The molecule has 0 aliphatic heterocycles. The number of aryl methyl sites for hydroxylation is 1. The van der Waals surface area contributed by atoms with Crippen molar-refractivity contribution in [1.82, 2.24) is 20.0 Å². The minimum absolute atomic E-state index is 0.0443. The van der Waals surface area contributed by atoms with Crippen LogP contribution in [0.5, 0.6) is 0 Å². The van der Waals surface area contributed by atoms with Crippen LogP contribution < -0.4 is 5.32 Å². The first kappa shape index (κ1) is 18.8. The highest BCUT2D eigenvalue weighted by Gasteiger charge is 2.16. The third kappa shape index (κ3) is 3.73. The average Bonchev–Trinajstić information content (AvgIpc) is 3.34. The summed E-state index contributed by atoms with van der Waals surface area (Å²) >= 11 is 0. The molecule has 4 aromatic rings. The molecule has 0 saturated heterocycles. The maximum atomic E-state index is 13.4. The fraction of sp³-hybridized carbons (Fsp3) is 0.190. The van der Waals surface area contributed by atoms with E-state index in [1.165, 1.54) is 12.1 Å². The van der Waals surface area contributed by atoms with E-state index in [2.05, 4.69) is 26.9 Å². The topological polar surface area (TPSA) is 73.0 Å². The van der Waals surface area contributed by atoms with E-state index in [1.807, 2.05) is 24.3 Å². The summed E-state index contributed by atoms with van der Waals surface area (Å²) in [6.07, 6.45) is 0.933. The predicted octanol–water partition coefficient (Wildman–Crippen LogP) is 4.31. The molecule has 0 unspecified atom stereocenters. The molecule has 8 heteroatoms. The van der Waals surface area contributed by atoms with Crippen molar-refractivity contribution in [3.63, 3.8) is 0 Å². The van der Waals surface area contributed by atoms with Gasteiger partial charge in [-0.05, 0) is 36.8 Å². The van der Waals surface area contributed by atoms with Gasteiger partial charge in [0.1, 0.15) is 5.82 Å². The highest BCUT2D eigenvalue weighted by molar-refractivity contribution is 5.93. The minimum atomic E-state index is -1.00. The molecular weight excluding hydrogens is 378 g/mol. The molecule has 1 N–H and O–H groups in total. The first-order valence-corrected chi connectivity index (χ1v) is 9.21. The molecule has 0 atom stereocenters. The second kappa shape index (κ2) is 7.83. The molecule has 148 valence electrons. The SMILES string of the molecule is CCCn1c(CNC(=O)c2cc(-c3ccc(F)c(F)c3)on2)nc2ccccc21. The quantitative estimate of drug-likeness (QED) is 0.527. The fourth-order valence-corrected chi connectivity index (χ4v) is 3.15. The molecule has 1 amide bonds. The lowest BCUT2D eigenvalue weighted by Gasteiger charge is -2.08. The minimum Gasteiger partial charge on any atom is -0.355 e. The Kier molecular flexibility index (Phi) is 5.07. The van der Waals surface area contributed by atoms with Gasteiger partial charge in [0.25, 0.3) is 5.91 Å². The molecular formula is C21H18F2N4O2. The van der Waals surface area contributed by atoms with Crippen molar-refractivity contribution in [3.05, 3.63) is 71.7 Å². The molecule has 0 saturated carbocycles. The Balaban J connectivity index is 1.51. The van der Waals surface area contributed by atoms with Gasteiger partial charge in [0.05, 0.1) is 17.6 Å². The zero-order valence-corrected chi connectivity index (χ0v) is 15.7. The van der Waals surface area contributed by atoms with Crippen LogP contribution in [-0.2, 0) is 13.1 Å². The lowest BCUT2D eigenvalue weighted by molar-refractivity contribution is 0.0940. The summed E-state index contributed by atoms with van der Waals surface area (Å²) in [5, 5.41) is 6.51. The van der Waals surface area contributed by atoms with E-state index in [9.17, 15) is 13.6 Å². The van der Waals surface area contributed by atoms with Crippen molar-refractivity contribution >= 4 is 16.9 Å². The number of nitrogens with zero attached hydrogens (tertiary/aromatic N) is 3. The first-order chi connectivity index (χ1) is 14.1. The second-order valence-electron chi connectivity index (χ2n) is 6.56. The van der Waals surface area contributed by atoms with Crippen LogP contribution in [0.3, 0.4) is 0 Å². The van der Waals surface area contributed by atoms with Crippen LogP contribution in [0.1, 0.15) is 29.7 Å². The smallest absolute Gasteiger partial charge is 0.273 e. The lowest BCUT2D eigenvalue weighted by atomic mass is 10.1. The number of fused-ring (bicyclic) bond motifs is 1. The number of benzene rings is 2. The molecule has 0 spiro atoms. The highest BCUT2D eigenvalue weighted by Crippen LogP contribution is 2.22. The van der Waals surface area contributed by atoms with E-state index < -0.39 is 17.5 Å². The monoisotopic (exact) mass is 396 g/mol. The Morgan fingerprint density at radius 2 is 1.97 bits per heavy atom. The number of carbonyl (C=O) groups excluding carboxylic acids is 1. The normalized spacial score (nSPS) is 11.1. The number of hydrogen-bond donors (Lipinski definition) is 1. The summed E-state index contributed by atoms with van der Waals surface area (Å²) in [7, 11) is 0. The van der Waals surface area contributed by atoms with Crippen LogP contribution in [0.4, 0.5) is 8.78 Å². The molecule has 2 aromatic carbocycles. The third-order valence-corrected chi connectivity index (χ3v) is 4.53. The van der Waals surface area contributed by atoms with Gasteiger partial charge >= 0.3 is 0 Å². The van der Waals surface area contributed by atoms with E-state index in [1.54, 1.807) is 0 Å². The van der Waals surface area contributed by atoms with Crippen LogP contribution in [-0.4, -0.2) is 20.6 Å². The summed E-state index contributed by atoms with van der Waals surface area (Å²) < 4.78 is 33.7. The van der Waals surface area contributed by atoms with Crippen molar-refractivity contribution in [3.8, 4) is 11.3 Å². The van der Waals surface area contributed by atoms with Crippen LogP contribution >= 0.6 is 0 Å². The molecule has 0 aliphatic rings. The van der Waals surface area contributed by atoms with Crippen molar-refractivity contribution in [2.75, 3.05) is 0 Å². The van der Waals surface area contributed by atoms with Crippen molar-refractivity contribution < 1.29 is 18.1 Å². The van der Waals surface area contributed by atoms with Gasteiger partial charge in [0, 0.05) is 18.2 Å². The van der Waals surface area contributed by atoms with Crippen molar-refractivity contribution in [2.45, 2.75) is 26.4 Å². The lowest BCUT2D eigenvalue weighted by Crippen LogP contribution is -2.25. The molecule has 0 radical (unpaired) electrons. The number of hydrogen-bond acceptors (Lipinski definition) is 4. The van der Waals surface area contributed by atoms with Gasteiger partial charge in [-0.3, -0.25) is 4.79 Å². The maximum absolute atomic E-state index is 13.4. The van der Waals surface area contributed by atoms with Crippen LogP contribution in [0.25, 0.3) is 22.4 Å². The summed E-state index contributed by atoms with van der Waals surface area (Å²) in [4.78, 5) is 17.1. The number of para-hydroxylation sites is 2. The van der Waals surface area contributed by atoms with Crippen LogP contribution in [0, 0.1) is 11.6 Å². The van der Waals surface area contributed by atoms with Gasteiger partial charge < -0.3 is 14.4 Å². The Hall–Kier alpha value is -3.55. The van der Waals surface area contributed by atoms with E-state index in [4.69, 9.17) is 4.52 Å². The van der Waals surface area contributed by atoms with E-state index in [0.717, 1.165) is 42.0 Å². The summed E-state index contributed by atoms with van der Waals surface area (Å²) in [5.74, 6) is -1.49. The number of rotatable bonds is 6. The van der Waals surface area contributed by atoms with E-state index in [-0.39, 0.29) is 18.0 Å². The van der Waals surface area contributed by atoms with E-state index >= 15 is 0 Å². The second-order valence-corrected chi connectivity index (χ2v) is 6.56. The van der Waals surface area contributed by atoms with Crippen molar-refractivity contribution in [2.24, 2.45) is 0 Å². The van der Waals surface area contributed by atoms with Gasteiger partial charge in [-0.1, -0.05) is 24.2 Å². The molecule has 0 aliphatic carbocycles. The molecule has 29 heavy (non-hydrogen) atoms. The fourth-order valence-electron chi connectivity index (χ4n) is 3.15. The largest absolute Gasteiger partial charge is 0.355 e. The molecule has 2 aromatic heterocycles. The number of aromatic nitrogens is 3. The van der Waals surface area contributed by atoms with Gasteiger partial charge in [0.2, 0.25) is 0 Å². The molecule has 4 rings (SSSR count). The maximum Gasteiger partial charge on any atom is 0.273 e. The first-order valence-electron chi connectivity index (χ1n) is 9.21. The van der Waals surface area contributed by atoms with Gasteiger partial charge in [0.15, 0.2) is 23.1 Å². The molecule has 0 fully saturated rings. The predicted molar refractivity (Wildman–Crippen MR) is 103 cm³/mol. The van der Waals surface area contributed by atoms with Gasteiger partial charge in [-0.15, -0.1) is 0 Å². The Morgan fingerprint density at radius 1 is 1.14 bits per heavy atom. The number of imidazole rings is 1. The molecule has 0 bridgehead atoms. The average molecular weight is 396 g/mol. The number of halogens is 2. The summed E-state index contributed by atoms with van der Waals surface area (Å²) in [6.45, 7) is 3.09. The van der Waals surface area contributed by atoms with E-state index in [0.29, 0.717) is 5.56 Å². The number of amides is 1. The number of nitrogens with one attached hydrogen (secondary N) is 1. The zero-order valence-electron chi connectivity index (χ0n) is 15.7. The Bertz CT molecular complexity index is 1180. The zero-order chi connectivity index (χ0) is 20.4. The molecule has 6 nitrogen and oxygen atoms in total. The Labute approximate surface area is 165 Å². The Morgan fingerprint density at radius 3 is 2.76 bits per heavy atom. The van der Waals surface area contributed by atoms with Gasteiger partial charge in [-0.2, -0.15) is 0 Å².